The molecule has 0 N–H and O–H groups in total. The van der Waals surface area contributed by atoms with Gasteiger partial charge in [0.05, 0.1) is 19.6 Å². The first-order valence-electron chi connectivity index (χ1n) is 12.3. The summed E-state index contributed by atoms with van der Waals surface area (Å²) in [5.41, 5.74) is 0. The van der Waals surface area contributed by atoms with Crippen molar-refractivity contribution in [3.63, 3.8) is 0 Å². The molecule has 0 spiro atoms. The van der Waals surface area contributed by atoms with E-state index in [1.807, 2.05) is 58.9 Å². The third kappa shape index (κ3) is 7.19. The van der Waals surface area contributed by atoms with Gasteiger partial charge in [0.1, 0.15) is 5.75 Å². The molecular formula is C25H38N4O4. The van der Waals surface area contributed by atoms with E-state index < -0.39 is 0 Å². The Morgan fingerprint density at radius 3 is 2.15 bits per heavy atom. The minimum atomic E-state index is -0.0153. The summed E-state index contributed by atoms with van der Waals surface area (Å²) in [4.78, 5) is 45.6. The van der Waals surface area contributed by atoms with Crippen molar-refractivity contribution in [2.75, 3.05) is 65.5 Å². The van der Waals surface area contributed by atoms with Gasteiger partial charge in [0.2, 0.25) is 17.7 Å². The van der Waals surface area contributed by atoms with Crippen molar-refractivity contribution in [1.82, 2.24) is 19.6 Å². The molecule has 33 heavy (non-hydrogen) atoms. The average molecular weight is 459 g/mol. The van der Waals surface area contributed by atoms with E-state index in [4.69, 9.17) is 4.74 Å². The molecule has 0 bridgehead atoms. The molecule has 2 aliphatic rings. The van der Waals surface area contributed by atoms with Gasteiger partial charge in [0.25, 0.3) is 0 Å². The molecule has 8 heteroatoms. The summed E-state index contributed by atoms with van der Waals surface area (Å²) < 4.78 is 5.63. The smallest absolute Gasteiger partial charge is 0.236 e. The number of carbonyl (C=O) groups excluding carboxylic acids is 3. The lowest BCUT2D eigenvalue weighted by Gasteiger charge is -2.38. The number of hydrogen-bond acceptors (Lipinski definition) is 5. The van der Waals surface area contributed by atoms with Crippen molar-refractivity contribution in [2.45, 2.75) is 33.1 Å². The number of nitrogens with zero attached hydrogens (tertiary/aromatic N) is 4. The first-order chi connectivity index (χ1) is 16.0. The lowest BCUT2D eigenvalue weighted by Crippen LogP contribution is -2.53. The Kier molecular flexibility index (Phi) is 9.54. The average Bonchev–Trinajstić information content (AvgIpc) is 2.85. The highest BCUT2D eigenvalue weighted by molar-refractivity contribution is 5.81. The molecule has 3 rings (SSSR count). The normalized spacial score (nSPS) is 17.6. The fraction of sp³-hybridized carbons (Fsp3) is 0.640. The third-order valence-corrected chi connectivity index (χ3v) is 6.68. The number of rotatable bonds is 9. The highest BCUT2D eigenvalue weighted by Crippen LogP contribution is 2.21. The second-order valence-electron chi connectivity index (χ2n) is 8.73. The largest absolute Gasteiger partial charge is 0.493 e. The van der Waals surface area contributed by atoms with Crippen LogP contribution in [0.25, 0.3) is 0 Å². The summed E-state index contributed by atoms with van der Waals surface area (Å²) in [7, 11) is 0. The first kappa shape index (κ1) is 25.0. The van der Waals surface area contributed by atoms with Gasteiger partial charge in [-0.05, 0) is 38.8 Å². The van der Waals surface area contributed by atoms with Crippen molar-refractivity contribution in [3.05, 3.63) is 30.3 Å². The molecule has 8 nitrogen and oxygen atoms in total. The highest BCUT2D eigenvalue weighted by atomic mass is 16.5. The highest BCUT2D eigenvalue weighted by Gasteiger charge is 2.32. The molecule has 1 aromatic rings. The number of piperazine rings is 1. The number of ether oxygens (including phenoxy) is 1. The van der Waals surface area contributed by atoms with Crippen molar-refractivity contribution in [2.24, 2.45) is 5.92 Å². The maximum Gasteiger partial charge on any atom is 0.236 e. The van der Waals surface area contributed by atoms with E-state index in [1.165, 1.54) is 0 Å². The van der Waals surface area contributed by atoms with E-state index >= 15 is 0 Å². The second kappa shape index (κ2) is 12.6. The minimum Gasteiger partial charge on any atom is -0.493 e. The van der Waals surface area contributed by atoms with Gasteiger partial charge in [-0.1, -0.05) is 18.2 Å². The van der Waals surface area contributed by atoms with Gasteiger partial charge < -0.3 is 19.4 Å². The zero-order valence-electron chi connectivity index (χ0n) is 20.1. The molecule has 2 saturated heterocycles. The van der Waals surface area contributed by atoms with Crippen LogP contribution in [-0.2, 0) is 14.4 Å². The molecule has 1 aromatic carbocycles. The van der Waals surface area contributed by atoms with Gasteiger partial charge in [-0.2, -0.15) is 0 Å². The van der Waals surface area contributed by atoms with E-state index in [0.29, 0.717) is 58.6 Å². The molecule has 2 aliphatic heterocycles. The maximum absolute atomic E-state index is 13.0. The topological polar surface area (TPSA) is 73.4 Å². The van der Waals surface area contributed by atoms with Crippen molar-refractivity contribution in [1.29, 1.82) is 0 Å². The van der Waals surface area contributed by atoms with Gasteiger partial charge in [-0.25, -0.2) is 0 Å². The van der Waals surface area contributed by atoms with E-state index in [1.54, 1.807) is 0 Å². The number of carbonyl (C=O) groups is 3. The minimum absolute atomic E-state index is 0.0153. The number of para-hydroxylation sites is 1. The zero-order valence-corrected chi connectivity index (χ0v) is 20.1. The monoisotopic (exact) mass is 458 g/mol. The van der Waals surface area contributed by atoms with Gasteiger partial charge in [-0.3, -0.25) is 19.3 Å². The molecule has 182 valence electrons. The Balaban J connectivity index is 1.34. The summed E-state index contributed by atoms with van der Waals surface area (Å²) >= 11 is 0. The predicted molar refractivity (Wildman–Crippen MR) is 127 cm³/mol. The predicted octanol–water partition coefficient (Wildman–Crippen LogP) is 1.71. The van der Waals surface area contributed by atoms with E-state index in [9.17, 15) is 14.4 Å². The molecule has 2 fully saturated rings. The lowest BCUT2D eigenvalue weighted by molar-refractivity contribution is -0.142. The second-order valence-corrected chi connectivity index (χ2v) is 8.73. The molecule has 0 atom stereocenters. The summed E-state index contributed by atoms with van der Waals surface area (Å²) in [6.07, 6.45) is 1.78. The van der Waals surface area contributed by atoms with Crippen LogP contribution in [0.4, 0.5) is 0 Å². The number of hydrogen-bond donors (Lipinski definition) is 0. The molecule has 2 heterocycles. The molecule has 0 aromatic heterocycles. The van der Waals surface area contributed by atoms with E-state index in [0.717, 1.165) is 31.9 Å². The Morgan fingerprint density at radius 1 is 0.909 bits per heavy atom. The SMILES string of the molecule is CCN(CC)C(=O)CN1CCN(C(=O)C2CCN(C(=O)CCOc3ccccc3)CC2)CC1. The molecule has 0 unspecified atom stereocenters. The number of benzene rings is 1. The van der Waals surface area contributed by atoms with Crippen LogP contribution in [0, 0.1) is 5.92 Å². The molecule has 0 aliphatic carbocycles. The standard InChI is InChI=1S/C25H38N4O4/c1-3-27(4-2)24(31)20-26-15-17-29(18-16-26)25(32)21-10-13-28(14-11-21)23(30)12-19-33-22-8-6-5-7-9-22/h5-9,21H,3-4,10-20H2,1-2H3. The van der Waals surface area contributed by atoms with Crippen molar-refractivity contribution >= 4 is 17.7 Å². The van der Waals surface area contributed by atoms with Gasteiger partial charge in [-0.15, -0.1) is 0 Å². The van der Waals surface area contributed by atoms with E-state index in [-0.39, 0.29) is 23.6 Å². The van der Waals surface area contributed by atoms with Crippen LogP contribution in [-0.4, -0.2) is 103 Å². The first-order valence-corrected chi connectivity index (χ1v) is 12.3. The number of likely N-dealkylation sites (tertiary alicyclic amines) is 1. The van der Waals surface area contributed by atoms with Crippen LogP contribution in [0.2, 0.25) is 0 Å². The third-order valence-electron chi connectivity index (χ3n) is 6.68. The Hall–Kier alpha value is -2.61. The summed E-state index contributed by atoms with van der Waals surface area (Å²) in [6.45, 7) is 10.3. The maximum atomic E-state index is 13.0. The van der Waals surface area contributed by atoms with Gasteiger partial charge in [0, 0.05) is 58.3 Å². The summed E-state index contributed by atoms with van der Waals surface area (Å²) in [6, 6.07) is 9.50. The molecule has 0 saturated carbocycles. The Bertz CT molecular complexity index is 768. The molecular weight excluding hydrogens is 420 g/mol. The van der Waals surface area contributed by atoms with Crippen molar-refractivity contribution < 1.29 is 19.1 Å². The van der Waals surface area contributed by atoms with Crippen LogP contribution in [0.1, 0.15) is 33.1 Å². The van der Waals surface area contributed by atoms with Crippen molar-refractivity contribution in [3.8, 4) is 5.75 Å². The fourth-order valence-electron chi connectivity index (χ4n) is 4.56. The lowest BCUT2D eigenvalue weighted by atomic mass is 9.94. The van der Waals surface area contributed by atoms with Crippen LogP contribution < -0.4 is 4.74 Å². The van der Waals surface area contributed by atoms with Gasteiger partial charge in [0.15, 0.2) is 0 Å². The number of amides is 3. The fourth-order valence-corrected chi connectivity index (χ4v) is 4.56. The van der Waals surface area contributed by atoms with Crippen LogP contribution in [0.5, 0.6) is 5.75 Å². The number of piperidine rings is 1. The summed E-state index contributed by atoms with van der Waals surface area (Å²) in [5, 5.41) is 0. The van der Waals surface area contributed by atoms with Gasteiger partial charge >= 0.3 is 0 Å². The zero-order chi connectivity index (χ0) is 23.6. The number of likely N-dealkylation sites (N-methyl/N-ethyl adjacent to an activating group) is 1. The van der Waals surface area contributed by atoms with Crippen LogP contribution >= 0.6 is 0 Å². The molecule has 0 radical (unpaired) electrons. The summed E-state index contributed by atoms with van der Waals surface area (Å²) in [5.74, 6) is 1.20. The van der Waals surface area contributed by atoms with E-state index in [2.05, 4.69) is 4.90 Å². The molecule has 3 amide bonds. The Labute approximate surface area is 197 Å². The quantitative estimate of drug-likeness (QED) is 0.563. The Morgan fingerprint density at radius 2 is 1.55 bits per heavy atom. The van der Waals surface area contributed by atoms with Crippen LogP contribution in [0.3, 0.4) is 0 Å². The van der Waals surface area contributed by atoms with Crippen LogP contribution in [0.15, 0.2) is 30.3 Å².